The van der Waals surface area contributed by atoms with Crippen molar-refractivity contribution in [3.63, 3.8) is 0 Å². The molecule has 168 valence electrons. The van der Waals surface area contributed by atoms with Gasteiger partial charge in [0, 0.05) is 17.7 Å². The first-order chi connectivity index (χ1) is 14.6. The first-order valence-electron chi connectivity index (χ1n) is 9.53. The molecular weight excluding hydrogens is 428 g/mol. The van der Waals surface area contributed by atoms with Gasteiger partial charge in [-0.05, 0) is 18.6 Å². The zero-order valence-corrected chi connectivity index (χ0v) is 16.1. The van der Waals surface area contributed by atoms with Gasteiger partial charge in [0.15, 0.2) is 0 Å². The topological polar surface area (TPSA) is 41.9 Å². The third kappa shape index (κ3) is 3.82. The zero-order valence-electron chi connectivity index (χ0n) is 16.1. The summed E-state index contributed by atoms with van der Waals surface area (Å²) in [6, 6.07) is 9.59. The number of nitrogens with zero attached hydrogens (tertiary/aromatic N) is 1. The van der Waals surface area contributed by atoms with Crippen LogP contribution in [0, 0.1) is 0 Å². The highest BCUT2D eigenvalue weighted by Gasteiger charge is 2.58. The molecule has 0 aliphatic carbocycles. The maximum Gasteiger partial charge on any atom is 0.416 e. The molecule has 0 saturated carbocycles. The Morgan fingerprint density at radius 2 is 1.23 bits per heavy atom. The molecule has 31 heavy (non-hydrogen) atoms. The highest BCUT2D eigenvalue weighted by atomic mass is 19.4. The average molecular weight is 447 g/mol. The van der Waals surface area contributed by atoms with Gasteiger partial charge in [0.1, 0.15) is 12.5 Å². The Hall–Kier alpha value is -2.14. The van der Waals surface area contributed by atoms with Crippen molar-refractivity contribution in [2.24, 2.45) is 0 Å². The van der Waals surface area contributed by atoms with Gasteiger partial charge >= 0.3 is 12.4 Å². The Morgan fingerprint density at radius 1 is 0.806 bits per heavy atom. The summed E-state index contributed by atoms with van der Waals surface area (Å²) < 4.78 is 93.3. The first kappa shape index (κ1) is 22.1. The Morgan fingerprint density at radius 3 is 1.61 bits per heavy atom. The highest BCUT2D eigenvalue weighted by molar-refractivity contribution is 5.36. The summed E-state index contributed by atoms with van der Waals surface area (Å²) in [7, 11) is 0. The summed E-state index contributed by atoms with van der Waals surface area (Å²) in [4.78, 5) is 1.40. The molecular formula is C21H19F6NO3. The molecule has 1 N–H and O–H groups in total. The molecule has 4 rings (SSSR count). The van der Waals surface area contributed by atoms with E-state index in [4.69, 9.17) is 9.47 Å². The molecule has 2 aromatic carbocycles. The van der Waals surface area contributed by atoms with E-state index < -0.39 is 41.5 Å². The maximum absolute atomic E-state index is 13.6. The summed E-state index contributed by atoms with van der Waals surface area (Å²) in [5.74, 6) is 0. The minimum absolute atomic E-state index is 0.0718. The molecule has 0 radical (unpaired) electrons. The SMILES string of the molecule is OCC[C@]12CO[C@H](c3ccccc3C(F)(F)F)N1[C@H](c1ccccc1C(F)(F)F)OC2. The molecule has 2 heterocycles. The van der Waals surface area contributed by atoms with Crippen LogP contribution in [-0.2, 0) is 21.8 Å². The molecule has 2 aliphatic heterocycles. The smallest absolute Gasteiger partial charge is 0.396 e. The molecule has 0 aromatic heterocycles. The average Bonchev–Trinajstić information content (AvgIpc) is 3.24. The van der Waals surface area contributed by atoms with Crippen molar-refractivity contribution in [3.8, 4) is 0 Å². The number of aliphatic hydroxyl groups is 1. The van der Waals surface area contributed by atoms with Crippen LogP contribution < -0.4 is 0 Å². The molecule has 3 atom stereocenters. The second-order valence-electron chi connectivity index (χ2n) is 7.60. The van der Waals surface area contributed by atoms with Crippen molar-refractivity contribution in [2.75, 3.05) is 19.8 Å². The van der Waals surface area contributed by atoms with Crippen molar-refractivity contribution in [3.05, 3.63) is 70.8 Å². The first-order valence-corrected chi connectivity index (χ1v) is 9.53. The van der Waals surface area contributed by atoms with Crippen molar-refractivity contribution < 1.29 is 40.9 Å². The minimum atomic E-state index is -4.68. The molecule has 10 heteroatoms. The van der Waals surface area contributed by atoms with Gasteiger partial charge in [-0.3, -0.25) is 0 Å². The van der Waals surface area contributed by atoms with Crippen LogP contribution in [0.25, 0.3) is 0 Å². The second-order valence-corrected chi connectivity index (χ2v) is 7.60. The van der Waals surface area contributed by atoms with Crippen LogP contribution in [0.5, 0.6) is 0 Å². The minimum Gasteiger partial charge on any atom is -0.396 e. The predicted molar refractivity (Wildman–Crippen MR) is 96.5 cm³/mol. The van der Waals surface area contributed by atoms with Crippen LogP contribution in [0.3, 0.4) is 0 Å². The third-order valence-corrected chi connectivity index (χ3v) is 5.71. The standard InChI is InChI=1S/C21H19F6NO3/c22-20(23,24)15-7-3-1-5-13(15)17-28-18(31-12-19(28,9-10-29)11-30-17)14-6-2-4-8-16(14)21(25,26)27/h1-8,17-18,29H,9-12H2/t17-,18+,19-. The third-order valence-electron chi connectivity index (χ3n) is 5.71. The predicted octanol–water partition coefficient (Wildman–Crippen LogP) is 4.91. The Balaban J connectivity index is 1.84. The number of rotatable bonds is 4. The molecule has 0 amide bonds. The van der Waals surface area contributed by atoms with E-state index in [0.29, 0.717) is 0 Å². The number of fused-ring (bicyclic) bond motifs is 1. The Bertz CT molecular complexity index is 876. The monoisotopic (exact) mass is 447 g/mol. The lowest BCUT2D eigenvalue weighted by Gasteiger charge is -2.35. The number of benzene rings is 2. The summed E-state index contributed by atoms with van der Waals surface area (Å²) >= 11 is 0. The largest absolute Gasteiger partial charge is 0.416 e. The van der Waals surface area contributed by atoms with Crippen LogP contribution in [0.4, 0.5) is 26.3 Å². The molecule has 4 nitrogen and oxygen atoms in total. The summed E-state index contributed by atoms with van der Waals surface area (Å²) in [6.45, 7) is -0.505. The van der Waals surface area contributed by atoms with E-state index in [2.05, 4.69) is 0 Å². The fourth-order valence-corrected chi connectivity index (χ4v) is 4.34. The van der Waals surface area contributed by atoms with E-state index >= 15 is 0 Å². The molecule has 2 aromatic rings. The van der Waals surface area contributed by atoms with Gasteiger partial charge < -0.3 is 14.6 Å². The van der Waals surface area contributed by atoms with E-state index in [1.54, 1.807) is 0 Å². The highest BCUT2D eigenvalue weighted by Crippen LogP contribution is 2.53. The van der Waals surface area contributed by atoms with E-state index in [0.717, 1.165) is 12.1 Å². The lowest BCUT2D eigenvalue weighted by Crippen LogP contribution is -2.45. The molecule has 2 aliphatic rings. The Labute approximate surface area is 174 Å². The van der Waals surface area contributed by atoms with Crippen LogP contribution in [0.1, 0.15) is 41.1 Å². The van der Waals surface area contributed by atoms with Crippen molar-refractivity contribution >= 4 is 0 Å². The van der Waals surface area contributed by atoms with Gasteiger partial charge in [0.2, 0.25) is 0 Å². The Kier molecular flexibility index (Phi) is 5.53. The van der Waals surface area contributed by atoms with Gasteiger partial charge in [-0.2, -0.15) is 26.3 Å². The van der Waals surface area contributed by atoms with E-state index in [1.807, 2.05) is 0 Å². The van der Waals surface area contributed by atoms with Crippen molar-refractivity contribution in [2.45, 2.75) is 36.8 Å². The summed E-state index contributed by atoms with van der Waals surface area (Å²) in [5, 5.41) is 9.55. The number of hydrogen-bond donors (Lipinski definition) is 1. The van der Waals surface area contributed by atoms with Gasteiger partial charge in [0.05, 0.1) is 29.9 Å². The fraction of sp³-hybridized carbons (Fsp3) is 0.429. The lowest BCUT2D eigenvalue weighted by atomic mass is 9.94. The normalized spacial score (nSPS) is 26.9. The van der Waals surface area contributed by atoms with Crippen LogP contribution >= 0.6 is 0 Å². The zero-order chi connectivity index (χ0) is 22.4. The number of aliphatic hydroxyl groups excluding tert-OH is 1. The summed E-state index contributed by atoms with van der Waals surface area (Å²) in [6.07, 6.45) is -11.9. The van der Waals surface area contributed by atoms with E-state index in [1.165, 1.54) is 41.3 Å². The molecule has 0 bridgehead atoms. The van der Waals surface area contributed by atoms with Crippen LogP contribution in [0.2, 0.25) is 0 Å². The van der Waals surface area contributed by atoms with E-state index in [-0.39, 0.29) is 37.4 Å². The van der Waals surface area contributed by atoms with E-state index in [9.17, 15) is 31.4 Å². The van der Waals surface area contributed by atoms with Crippen molar-refractivity contribution in [1.29, 1.82) is 0 Å². The van der Waals surface area contributed by atoms with Crippen molar-refractivity contribution in [1.82, 2.24) is 4.90 Å². The molecule has 2 fully saturated rings. The molecule has 0 spiro atoms. The number of halogens is 6. The fourth-order valence-electron chi connectivity index (χ4n) is 4.34. The van der Waals surface area contributed by atoms with Gasteiger partial charge in [-0.25, -0.2) is 4.90 Å². The summed E-state index contributed by atoms with van der Waals surface area (Å²) in [5.41, 5.74) is -3.35. The second kappa shape index (κ2) is 7.77. The number of ether oxygens (including phenoxy) is 2. The maximum atomic E-state index is 13.6. The quantitative estimate of drug-likeness (QED) is 0.677. The van der Waals surface area contributed by atoms with Gasteiger partial charge in [0.25, 0.3) is 0 Å². The molecule has 2 saturated heterocycles. The van der Waals surface area contributed by atoms with Crippen LogP contribution in [-0.4, -0.2) is 35.4 Å². The lowest BCUT2D eigenvalue weighted by molar-refractivity contribution is -0.143. The van der Waals surface area contributed by atoms with Crippen LogP contribution in [0.15, 0.2) is 48.5 Å². The van der Waals surface area contributed by atoms with Gasteiger partial charge in [-0.1, -0.05) is 36.4 Å². The van der Waals surface area contributed by atoms with Gasteiger partial charge in [-0.15, -0.1) is 0 Å². The number of hydrogen-bond acceptors (Lipinski definition) is 4. The molecule has 0 unspecified atom stereocenters. The number of alkyl halides is 6.